The van der Waals surface area contributed by atoms with Gasteiger partial charge in [-0.05, 0) is 19.8 Å². The van der Waals surface area contributed by atoms with Gasteiger partial charge < -0.3 is 20.7 Å². The van der Waals surface area contributed by atoms with Gasteiger partial charge in [-0.3, -0.25) is 4.79 Å². The second-order valence-electron chi connectivity index (χ2n) is 6.34. The zero-order chi connectivity index (χ0) is 18.7. The van der Waals surface area contributed by atoms with Crippen LogP contribution >= 0.6 is 23.1 Å². The van der Waals surface area contributed by atoms with E-state index in [0.29, 0.717) is 27.4 Å². The number of carbonyl (C=O) groups is 3. The normalized spacial score (nSPS) is 23.9. The number of urea groups is 1. The van der Waals surface area contributed by atoms with Crippen LogP contribution in [0.3, 0.4) is 0 Å². The number of hydrogen-bond donors (Lipinski definition) is 3. The quantitative estimate of drug-likeness (QED) is 0.368. The molecule has 3 heterocycles. The monoisotopic (exact) mass is 398 g/mol. The first-order valence-corrected chi connectivity index (χ1v) is 10.4. The molecule has 0 aliphatic carbocycles. The molecule has 3 rings (SSSR count). The molecule has 26 heavy (non-hydrogen) atoms. The molecule has 1 aromatic heterocycles. The molecule has 3 atom stereocenters. The molecule has 3 amide bonds. The van der Waals surface area contributed by atoms with Crippen LogP contribution in [0, 0.1) is 6.92 Å². The number of rotatable bonds is 7. The summed E-state index contributed by atoms with van der Waals surface area (Å²) in [6.07, 6.45) is 3.08. The molecule has 0 spiro atoms. The molecule has 2 aliphatic heterocycles. The Morgan fingerprint density at radius 3 is 2.92 bits per heavy atom. The second-order valence-corrected chi connectivity index (χ2v) is 8.61. The van der Waals surface area contributed by atoms with Crippen molar-refractivity contribution in [2.75, 3.05) is 18.2 Å². The van der Waals surface area contributed by atoms with Gasteiger partial charge in [0.1, 0.15) is 4.88 Å². The smallest absolute Gasteiger partial charge is 0.350 e. The molecule has 1 aromatic rings. The Bertz CT molecular complexity index is 708. The van der Waals surface area contributed by atoms with Crippen molar-refractivity contribution in [2.45, 2.75) is 49.9 Å². The molecule has 0 aromatic carbocycles. The highest BCUT2D eigenvalue weighted by atomic mass is 32.2. The van der Waals surface area contributed by atoms with E-state index in [2.05, 4.69) is 25.7 Å². The third kappa shape index (κ3) is 4.29. The summed E-state index contributed by atoms with van der Waals surface area (Å²) in [7, 11) is 1.32. The van der Waals surface area contributed by atoms with Crippen LogP contribution in [0.15, 0.2) is 0 Å². The summed E-state index contributed by atoms with van der Waals surface area (Å²) in [6, 6.07) is 0.365. The number of nitrogens with zero attached hydrogens (tertiary/aromatic N) is 1. The number of ether oxygens (including phenoxy) is 1. The summed E-state index contributed by atoms with van der Waals surface area (Å²) in [5.41, 5.74) is 0.553. The number of thioether (sulfide) groups is 1. The van der Waals surface area contributed by atoms with E-state index in [1.807, 2.05) is 11.8 Å². The Morgan fingerprint density at radius 2 is 2.15 bits per heavy atom. The third-order valence-corrected chi connectivity index (χ3v) is 7.06. The number of methoxy groups -OCH3 is 1. The van der Waals surface area contributed by atoms with Crippen molar-refractivity contribution in [3.63, 3.8) is 0 Å². The van der Waals surface area contributed by atoms with Crippen molar-refractivity contribution in [1.82, 2.24) is 15.6 Å². The van der Waals surface area contributed by atoms with Gasteiger partial charge in [0.15, 0.2) is 5.13 Å². The van der Waals surface area contributed by atoms with E-state index in [-0.39, 0.29) is 24.0 Å². The number of thiazole rings is 1. The van der Waals surface area contributed by atoms with Crippen LogP contribution in [0.5, 0.6) is 0 Å². The van der Waals surface area contributed by atoms with Gasteiger partial charge in [0.05, 0.1) is 24.9 Å². The topological polar surface area (TPSA) is 109 Å². The lowest BCUT2D eigenvalue weighted by atomic mass is 10.0. The van der Waals surface area contributed by atoms with E-state index in [1.165, 1.54) is 7.11 Å². The first-order chi connectivity index (χ1) is 12.5. The lowest BCUT2D eigenvalue weighted by molar-refractivity contribution is -0.116. The Kier molecular flexibility index (Phi) is 6.02. The standard InChI is InChI=1S/C16H22N4O4S2/c1-8-13(14(22)24-2)26-16(17-8)19-11(21)6-4-3-5-10-12-9(7-25-10)18-15(23)20-12/h9-10,12H,3-7H2,1-2H3,(H,17,19,21)(H2,18,20,23). The molecular weight excluding hydrogens is 376 g/mol. The number of carbonyl (C=O) groups excluding carboxylic acids is 3. The van der Waals surface area contributed by atoms with Crippen LogP contribution in [0.2, 0.25) is 0 Å². The second kappa shape index (κ2) is 8.26. The van der Waals surface area contributed by atoms with E-state index in [9.17, 15) is 14.4 Å². The van der Waals surface area contributed by atoms with Crippen LogP contribution in [0.25, 0.3) is 0 Å². The number of esters is 1. The van der Waals surface area contributed by atoms with Crippen LogP contribution in [0.1, 0.15) is 41.0 Å². The van der Waals surface area contributed by atoms with Gasteiger partial charge in [-0.2, -0.15) is 11.8 Å². The van der Waals surface area contributed by atoms with Crippen molar-refractivity contribution in [3.05, 3.63) is 10.6 Å². The molecule has 0 saturated carbocycles. The zero-order valence-electron chi connectivity index (χ0n) is 14.7. The van der Waals surface area contributed by atoms with E-state index >= 15 is 0 Å². The molecule has 3 unspecified atom stereocenters. The number of unbranched alkanes of at least 4 members (excludes halogenated alkanes) is 1. The number of anilines is 1. The molecule has 2 fully saturated rings. The molecule has 2 saturated heterocycles. The van der Waals surface area contributed by atoms with Gasteiger partial charge >= 0.3 is 12.0 Å². The summed E-state index contributed by atoms with van der Waals surface area (Å²) in [4.78, 5) is 39.6. The van der Waals surface area contributed by atoms with Crippen molar-refractivity contribution >= 4 is 46.1 Å². The highest BCUT2D eigenvalue weighted by Gasteiger charge is 2.42. The van der Waals surface area contributed by atoms with Gasteiger partial charge in [0.25, 0.3) is 0 Å². The highest BCUT2D eigenvalue weighted by Crippen LogP contribution is 2.33. The Hall–Kier alpha value is -1.81. The summed E-state index contributed by atoms with van der Waals surface area (Å²) in [6.45, 7) is 1.71. The maximum Gasteiger partial charge on any atom is 0.350 e. The SMILES string of the molecule is COC(=O)c1sc(NC(=O)CCCCC2SCC3NC(=O)NC32)nc1C. The largest absolute Gasteiger partial charge is 0.465 e. The van der Waals surface area contributed by atoms with E-state index in [1.54, 1.807) is 6.92 Å². The van der Waals surface area contributed by atoms with Gasteiger partial charge in [-0.15, -0.1) is 0 Å². The lowest BCUT2D eigenvalue weighted by Gasteiger charge is -2.16. The highest BCUT2D eigenvalue weighted by molar-refractivity contribution is 8.00. The molecule has 0 bridgehead atoms. The molecule has 142 valence electrons. The summed E-state index contributed by atoms with van der Waals surface area (Å²) in [5, 5.41) is 9.47. The molecule has 0 radical (unpaired) electrons. The Balaban J connectivity index is 1.38. The van der Waals surface area contributed by atoms with Crippen molar-refractivity contribution in [3.8, 4) is 0 Å². The van der Waals surface area contributed by atoms with Gasteiger partial charge in [-0.25, -0.2) is 14.6 Å². The molecule has 3 N–H and O–H groups in total. The Labute approximate surface area is 159 Å². The van der Waals surface area contributed by atoms with Gasteiger partial charge in [0.2, 0.25) is 5.91 Å². The van der Waals surface area contributed by atoms with Crippen LogP contribution in [0.4, 0.5) is 9.93 Å². The van der Waals surface area contributed by atoms with Gasteiger partial charge in [0, 0.05) is 17.4 Å². The summed E-state index contributed by atoms with van der Waals surface area (Å²) >= 11 is 3.00. The number of nitrogens with one attached hydrogen (secondary N) is 3. The van der Waals surface area contributed by atoms with Gasteiger partial charge in [-0.1, -0.05) is 17.8 Å². The third-order valence-electron chi connectivity index (χ3n) is 4.49. The van der Waals surface area contributed by atoms with Crippen LogP contribution in [-0.4, -0.2) is 53.1 Å². The molecular formula is C16H22N4O4S2. The Morgan fingerprint density at radius 1 is 1.35 bits per heavy atom. The zero-order valence-corrected chi connectivity index (χ0v) is 16.3. The fraction of sp³-hybridized carbons (Fsp3) is 0.625. The van der Waals surface area contributed by atoms with E-state index in [0.717, 1.165) is 36.4 Å². The minimum Gasteiger partial charge on any atom is -0.465 e. The summed E-state index contributed by atoms with van der Waals surface area (Å²) < 4.78 is 4.69. The van der Waals surface area contributed by atoms with Crippen molar-refractivity contribution < 1.29 is 19.1 Å². The van der Waals surface area contributed by atoms with E-state index < -0.39 is 5.97 Å². The van der Waals surface area contributed by atoms with Crippen molar-refractivity contribution in [2.24, 2.45) is 0 Å². The fourth-order valence-corrected chi connectivity index (χ4v) is 5.63. The number of amides is 3. The maximum atomic E-state index is 12.1. The van der Waals surface area contributed by atoms with E-state index in [4.69, 9.17) is 0 Å². The predicted molar refractivity (Wildman–Crippen MR) is 101 cm³/mol. The number of hydrogen-bond acceptors (Lipinski definition) is 7. The molecule has 8 nitrogen and oxygen atoms in total. The predicted octanol–water partition coefficient (Wildman–Crippen LogP) is 1.90. The summed E-state index contributed by atoms with van der Waals surface area (Å²) in [5.74, 6) is 0.393. The molecule has 10 heteroatoms. The number of aryl methyl sites for hydroxylation is 1. The fourth-order valence-electron chi connectivity index (χ4n) is 3.19. The first kappa shape index (κ1) is 19.0. The minimum absolute atomic E-state index is 0.0743. The maximum absolute atomic E-state index is 12.1. The average Bonchev–Trinajstić information content (AvgIpc) is 3.25. The number of aromatic nitrogens is 1. The first-order valence-electron chi connectivity index (χ1n) is 8.52. The number of fused-ring (bicyclic) bond motifs is 1. The minimum atomic E-state index is -0.443. The average molecular weight is 399 g/mol. The van der Waals surface area contributed by atoms with Crippen LogP contribution in [-0.2, 0) is 9.53 Å². The van der Waals surface area contributed by atoms with Crippen molar-refractivity contribution in [1.29, 1.82) is 0 Å². The van der Waals surface area contributed by atoms with Crippen LogP contribution < -0.4 is 16.0 Å². The molecule has 2 aliphatic rings. The lowest BCUT2D eigenvalue weighted by Crippen LogP contribution is -2.36.